The molecule has 5 heteroatoms. The minimum absolute atomic E-state index is 0.0539. The first-order valence-electron chi connectivity index (χ1n) is 7.66. The first kappa shape index (κ1) is 16.5. The van der Waals surface area contributed by atoms with Crippen molar-refractivity contribution >= 4 is 11.7 Å². The first-order valence-corrected chi connectivity index (χ1v) is 7.66. The standard InChI is InChI=1S/C20H16N2O3/c1-21-17-11-22(2)19(20(24)25)18(17)14-9-7-13(8-10-14)16-6-4-3-5-15(16)12-23/h3-11,23H,12H2,2H3,(H,24,25). The molecule has 1 heterocycles. The van der Waals surface area contributed by atoms with Crippen LogP contribution in [0.15, 0.2) is 54.7 Å². The van der Waals surface area contributed by atoms with E-state index in [1.807, 2.05) is 36.4 Å². The maximum Gasteiger partial charge on any atom is 0.351 e. The largest absolute Gasteiger partial charge is 0.477 e. The fourth-order valence-electron chi connectivity index (χ4n) is 2.99. The average molecular weight is 332 g/mol. The summed E-state index contributed by atoms with van der Waals surface area (Å²) >= 11 is 0. The summed E-state index contributed by atoms with van der Waals surface area (Å²) in [6, 6.07) is 14.9. The molecule has 0 bridgehead atoms. The Labute approximate surface area is 145 Å². The molecule has 0 aliphatic heterocycles. The lowest BCUT2D eigenvalue weighted by Gasteiger charge is -2.09. The van der Waals surface area contributed by atoms with E-state index in [0.29, 0.717) is 16.8 Å². The number of aryl methyl sites for hydroxylation is 1. The summed E-state index contributed by atoms with van der Waals surface area (Å²) in [5, 5.41) is 18.9. The molecule has 0 fully saturated rings. The van der Waals surface area contributed by atoms with Crippen LogP contribution in [0.4, 0.5) is 5.69 Å². The van der Waals surface area contributed by atoms with Crippen molar-refractivity contribution in [2.24, 2.45) is 7.05 Å². The van der Waals surface area contributed by atoms with Crippen molar-refractivity contribution in [3.63, 3.8) is 0 Å². The third-order valence-electron chi connectivity index (χ3n) is 4.16. The number of hydrogen-bond donors (Lipinski definition) is 2. The van der Waals surface area contributed by atoms with Crippen molar-refractivity contribution in [1.82, 2.24) is 4.57 Å². The normalized spacial score (nSPS) is 10.4. The number of rotatable bonds is 4. The van der Waals surface area contributed by atoms with Gasteiger partial charge in [-0.1, -0.05) is 48.5 Å². The molecule has 5 nitrogen and oxygen atoms in total. The Morgan fingerprint density at radius 2 is 1.76 bits per heavy atom. The molecule has 0 aliphatic rings. The Morgan fingerprint density at radius 1 is 1.12 bits per heavy atom. The van der Waals surface area contributed by atoms with Gasteiger partial charge in [0.2, 0.25) is 5.69 Å². The van der Waals surface area contributed by atoms with Crippen molar-refractivity contribution in [2.45, 2.75) is 6.61 Å². The topological polar surface area (TPSA) is 66.8 Å². The third kappa shape index (κ3) is 2.91. The van der Waals surface area contributed by atoms with Crippen LogP contribution in [0, 0.1) is 6.57 Å². The van der Waals surface area contributed by atoms with E-state index < -0.39 is 5.97 Å². The molecule has 1 aromatic heterocycles. The van der Waals surface area contributed by atoms with Gasteiger partial charge in [0.1, 0.15) is 5.69 Å². The Balaban J connectivity index is 2.11. The summed E-state index contributed by atoms with van der Waals surface area (Å²) < 4.78 is 1.46. The van der Waals surface area contributed by atoms with E-state index in [-0.39, 0.29) is 12.3 Å². The fraction of sp³-hybridized carbons (Fsp3) is 0.100. The number of carbonyl (C=O) groups is 1. The van der Waals surface area contributed by atoms with E-state index in [1.165, 1.54) is 10.8 Å². The molecule has 2 aromatic carbocycles. The Kier molecular flexibility index (Phi) is 4.38. The van der Waals surface area contributed by atoms with Gasteiger partial charge in [0.15, 0.2) is 0 Å². The molecular weight excluding hydrogens is 316 g/mol. The summed E-state index contributed by atoms with van der Waals surface area (Å²) in [5.74, 6) is -1.07. The van der Waals surface area contributed by atoms with Crippen LogP contribution >= 0.6 is 0 Å². The fourth-order valence-corrected chi connectivity index (χ4v) is 2.99. The average Bonchev–Trinajstić information content (AvgIpc) is 2.98. The van der Waals surface area contributed by atoms with Crippen LogP contribution in [0.1, 0.15) is 16.1 Å². The number of aromatic carboxylic acids is 1. The van der Waals surface area contributed by atoms with Crippen molar-refractivity contribution in [1.29, 1.82) is 0 Å². The second-order valence-electron chi connectivity index (χ2n) is 5.66. The zero-order chi connectivity index (χ0) is 18.0. The predicted octanol–water partition coefficient (Wildman–Crippen LogP) is 4.10. The molecule has 0 atom stereocenters. The van der Waals surface area contributed by atoms with Crippen LogP contribution in [-0.2, 0) is 13.7 Å². The maximum absolute atomic E-state index is 11.6. The zero-order valence-corrected chi connectivity index (χ0v) is 13.6. The molecular formula is C20H16N2O3. The highest BCUT2D eigenvalue weighted by molar-refractivity contribution is 5.99. The molecule has 0 saturated carbocycles. The molecule has 0 aliphatic carbocycles. The molecule has 0 saturated heterocycles. The molecule has 2 N–H and O–H groups in total. The second kappa shape index (κ2) is 6.63. The number of carboxylic acid groups (broad SMARTS) is 1. The maximum atomic E-state index is 11.6. The molecule has 124 valence electrons. The van der Waals surface area contributed by atoms with E-state index in [0.717, 1.165) is 16.7 Å². The number of aliphatic hydroxyl groups is 1. The lowest BCUT2D eigenvalue weighted by molar-refractivity contribution is 0.0687. The number of aliphatic hydroxyl groups excluding tert-OH is 1. The summed E-state index contributed by atoms with van der Waals surface area (Å²) in [4.78, 5) is 15.0. The molecule has 0 unspecified atom stereocenters. The van der Waals surface area contributed by atoms with Gasteiger partial charge >= 0.3 is 5.97 Å². The molecule has 0 amide bonds. The van der Waals surface area contributed by atoms with Gasteiger partial charge in [0, 0.05) is 18.8 Å². The molecule has 3 rings (SSSR count). The van der Waals surface area contributed by atoms with E-state index in [1.54, 1.807) is 19.2 Å². The highest BCUT2D eigenvalue weighted by Gasteiger charge is 2.21. The minimum Gasteiger partial charge on any atom is -0.477 e. The zero-order valence-electron chi connectivity index (χ0n) is 13.6. The van der Waals surface area contributed by atoms with Gasteiger partial charge in [0.25, 0.3) is 0 Å². The summed E-state index contributed by atoms with van der Waals surface area (Å²) in [6.45, 7) is 7.25. The van der Waals surface area contributed by atoms with Gasteiger partial charge in [-0.05, 0) is 22.3 Å². The van der Waals surface area contributed by atoms with Gasteiger partial charge in [-0.3, -0.25) is 0 Å². The Bertz CT molecular complexity index is 979. The number of carboxylic acids is 1. The number of benzene rings is 2. The number of hydrogen-bond acceptors (Lipinski definition) is 2. The molecule has 3 aromatic rings. The van der Waals surface area contributed by atoms with Crippen molar-refractivity contribution in [3.05, 3.63) is 77.4 Å². The predicted molar refractivity (Wildman–Crippen MR) is 95.4 cm³/mol. The van der Waals surface area contributed by atoms with Crippen molar-refractivity contribution in [2.75, 3.05) is 0 Å². The van der Waals surface area contributed by atoms with Gasteiger partial charge in [-0.2, -0.15) is 0 Å². The smallest absolute Gasteiger partial charge is 0.351 e. The summed E-state index contributed by atoms with van der Waals surface area (Å²) in [6.07, 6.45) is 1.53. The second-order valence-corrected chi connectivity index (χ2v) is 5.66. The lowest BCUT2D eigenvalue weighted by atomic mass is 9.97. The van der Waals surface area contributed by atoms with Crippen LogP contribution in [0.2, 0.25) is 0 Å². The van der Waals surface area contributed by atoms with E-state index in [4.69, 9.17) is 6.57 Å². The highest BCUT2D eigenvalue weighted by atomic mass is 16.4. The summed E-state index contributed by atoms with van der Waals surface area (Å²) in [7, 11) is 1.62. The minimum atomic E-state index is -1.07. The van der Waals surface area contributed by atoms with Crippen LogP contribution < -0.4 is 0 Å². The molecule has 0 spiro atoms. The Hall–Kier alpha value is -3.36. The van der Waals surface area contributed by atoms with Gasteiger partial charge < -0.3 is 14.8 Å². The van der Waals surface area contributed by atoms with Crippen molar-refractivity contribution < 1.29 is 15.0 Å². The van der Waals surface area contributed by atoms with Gasteiger partial charge in [-0.25, -0.2) is 9.64 Å². The van der Waals surface area contributed by atoms with Crippen molar-refractivity contribution in [3.8, 4) is 22.3 Å². The van der Waals surface area contributed by atoms with Crippen LogP contribution in [-0.4, -0.2) is 20.7 Å². The van der Waals surface area contributed by atoms with Gasteiger partial charge in [0.05, 0.1) is 13.2 Å². The lowest BCUT2D eigenvalue weighted by Crippen LogP contribution is -2.05. The van der Waals surface area contributed by atoms with Crippen LogP contribution in [0.3, 0.4) is 0 Å². The monoisotopic (exact) mass is 332 g/mol. The van der Waals surface area contributed by atoms with E-state index in [9.17, 15) is 15.0 Å². The van der Waals surface area contributed by atoms with E-state index >= 15 is 0 Å². The highest BCUT2D eigenvalue weighted by Crippen LogP contribution is 2.36. The summed E-state index contributed by atoms with van der Waals surface area (Å²) in [5.41, 5.74) is 4.17. The SMILES string of the molecule is [C-]#[N+]c1cn(C)c(C(=O)O)c1-c1ccc(-c2ccccc2CO)cc1. The third-order valence-corrected chi connectivity index (χ3v) is 4.16. The Morgan fingerprint density at radius 3 is 2.36 bits per heavy atom. The van der Waals surface area contributed by atoms with Crippen LogP contribution in [0.25, 0.3) is 27.1 Å². The van der Waals surface area contributed by atoms with Gasteiger partial charge in [-0.15, -0.1) is 0 Å². The molecule has 25 heavy (non-hydrogen) atoms. The van der Waals surface area contributed by atoms with Crippen LogP contribution in [0.5, 0.6) is 0 Å². The molecule has 0 radical (unpaired) electrons. The quantitative estimate of drug-likeness (QED) is 0.707. The van der Waals surface area contributed by atoms with E-state index in [2.05, 4.69) is 4.85 Å². The first-order chi connectivity index (χ1) is 12.1. The number of aromatic nitrogens is 1. The number of nitrogens with zero attached hydrogens (tertiary/aromatic N) is 2.